The SMILES string of the molecule is COc1ccc(Br)cc1C1Oc2ccccc2NC1=O.COc1ccc(C#N)cc1C1Oc2ccccc2NC1=O.II(I)I(I)I(I)I(I)I(I)I.I[I-]I(I)I(I)I(I)I(I)I. The summed E-state index contributed by atoms with van der Waals surface area (Å²) >= 11 is 41.2. The van der Waals surface area contributed by atoms with Gasteiger partial charge in [0.15, 0.2) is 0 Å². The Morgan fingerprint density at radius 3 is 1.42 bits per heavy atom. The Labute approximate surface area is 551 Å². The quantitative estimate of drug-likeness (QED) is 0.136. The molecule has 0 saturated heterocycles. The Morgan fingerprint density at radius 2 is 1.02 bits per heavy atom. The second kappa shape index (κ2) is 38.5. The number of hydrogen-bond acceptors (Lipinski definition) is 7. The molecule has 2 aliphatic heterocycles. The maximum absolute atomic E-state index is 12.3. The van der Waals surface area contributed by atoms with Gasteiger partial charge in [-0.2, -0.15) is 5.26 Å². The zero-order valence-electron chi connectivity index (χ0n) is 30.7. The molecule has 0 fully saturated rings. The third-order valence-corrected chi connectivity index (χ3v) is 1250. The van der Waals surface area contributed by atoms with Crippen LogP contribution in [0.1, 0.15) is 28.9 Å². The van der Waals surface area contributed by atoms with E-state index in [1.807, 2.05) is 54.6 Å². The van der Waals surface area contributed by atoms with E-state index in [-0.39, 0.29) is 82.9 Å². The monoisotopic (exact) mass is 3530 g/mol. The molecule has 0 saturated carbocycles. The number of carbonyl (C=O) groups excluding carboxylic acids is 2. The molecule has 2 unspecified atom stereocenters. The van der Waals surface area contributed by atoms with Crippen molar-refractivity contribution >= 4 is 352 Å². The molecule has 0 spiro atoms. The standard InChI is InChI=1S/C16H12N2O3.C15H12BrNO3.I12.I11/c1-20-13-7-6-10(9-17)8-11(13)15-16(19)18-12-4-2-3-5-14(12)21-15;1-19-12-7-6-9(16)8-10(12)14-15(18)17-11-4-2-3-5-13(11)20-14;1-8(2)10(5)12(7)11(6)9(3)4;1-7-9(4)11(6)10(5)8(2)3/h2-8,15H,1H3,(H,18,19);2-8,14H,1H3,(H,17,18);;/q;;;-1. The van der Waals surface area contributed by atoms with Gasteiger partial charge < -0.3 is 29.6 Å². The molecule has 2 atom stereocenters. The van der Waals surface area contributed by atoms with E-state index >= 15 is 0 Å². The van der Waals surface area contributed by atoms with Crippen molar-refractivity contribution in [2.24, 2.45) is 0 Å². The zero-order chi connectivity index (χ0) is 47.8. The van der Waals surface area contributed by atoms with E-state index in [0.29, 0.717) is 64.3 Å². The van der Waals surface area contributed by atoms with Crippen LogP contribution in [0.5, 0.6) is 23.0 Å². The Balaban J connectivity index is 0.000000237. The number of carbonyl (C=O) groups is 2. The number of para-hydroxylation sites is 4. The van der Waals surface area contributed by atoms with Gasteiger partial charge in [0.2, 0.25) is 12.2 Å². The van der Waals surface area contributed by atoms with Gasteiger partial charge in [-0.3, -0.25) is 9.59 Å². The van der Waals surface area contributed by atoms with Crippen molar-refractivity contribution in [3.8, 4) is 29.1 Å². The second-order valence-electron chi connectivity index (χ2n) is 10.4. The van der Waals surface area contributed by atoms with Crippen LogP contribution in [-0.2, 0) is 9.59 Å². The number of methoxy groups -OCH3 is 2. The summed E-state index contributed by atoms with van der Waals surface area (Å²) in [7, 11) is 0.216. The number of nitriles is 1. The van der Waals surface area contributed by atoms with Gasteiger partial charge in [0, 0.05) is 15.6 Å². The number of amides is 2. The second-order valence-corrected chi connectivity index (χ2v) is 466. The summed E-state index contributed by atoms with van der Waals surface area (Å²) in [5, 5.41) is 14.7. The van der Waals surface area contributed by atoms with Gasteiger partial charge in [-0.25, -0.2) is 0 Å². The van der Waals surface area contributed by atoms with Crippen LogP contribution >= 0.6 is 329 Å². The molecule has 0 radical (unpaired) electrons. The number of ether oxygens (including phenoxy) is 4. The van der Waals surface area contributed by atoms with Crippen LogP contribution in [0.2, 0.25) is 0 Å². The molecule has 9 nitrogen and oxygen atoms in total. The third-order valence-electron chi connectivity index (χ3n) is 6.98. The fraction of sp³-hybridized carbons (Fsp3) is 0.129. The van der Waals surface area contributed by atoms with E-state index in [1.54, 1.807) is 43.5 Å². The van der Waals surface area contributed by atoms with Crippen molar-refractivity contribution in [3.05, 3.63) is 106 Å². The Kier molecular flexibility index (Phi) is 42.2. The molecule has 4 aromatic rings. The minimum atomic E-state index is -0.844. The number of benzene rings is 4. The molecular weight excluding hydrogens is 3510 g/mol. The average molecular weight is 3530 g/mol. The number of rotatable bonds is 12. The molecular formula is C31H24BrI23N3O6-. The first-order valence-corrected chi connectivity index (χ1v) is 148. The van der Waals surface area contributed by atoms with Crippen LogP contribution in [-0.4, -0.2) is 26.0 Å². The first kappa shape index (κ1) is 70.0. The molecule has 33 heteroatoms. The van der Waals surface area contributed by atoms with Gasteiger partial charge in [0.1, 0.15) is 23.0 Å². The van der Waals surface area contributed by atoms with E-state index in [9.17, 15) is 9.59 Å². The van der Waals surface area contributed by atoms with Gasteiger partial charge >= 0.3 is 326 Å². The van der Waals surface area contributed by atoms with Crippen LogP contribution in [0, 0.1) is 11.3 Å². The maximum atomic E-state index is 12.3. The number of anilines is 2. The summed E-state index contributed by atoms with van der Waals surface area (Å²) in [5.74, 6) is 1.87. The minimum absolute atomic E-state index is 0.208. The molecule has 2 aliphatic rings. The van der Waals surface area contributed by atoms with E-state index in [1.165, 1.54) is 7.11 Å². The van der Waals surface area contributed by atoms with Gasteiger partial charge in [0.05, 0.1) is 37.2 Å². The van der Waals surface area contributed by atoms with Gasteiger partial charge in [0.25, 0.3) is 11.8 Å². The summed E-state index contributed by atoms with van der Waals surface area (Å²) in [6, 6.07) is 27.0. The Bertz CT molecular complexity index is 2190. The van der Waals surface area contributed by atoms with Crippen LogP contribution in [0.3, 0.4) is 0 Å². The van der Waals surface area contributed by atoms with E-state index in [4.69, 9.17) is 24.2 Å². The Hall–Kier alpha value is 11.8. The Morgan fingerprint density at radius 1 is 0.609 bits per heavy atom. The average Bonchev–Trinajstić information content (AvgIpc) is 3.29. The number of fused-ring (bicyclic) bond motifs is 2. The predicted octanol–water partition coefficient (Wildman–Crippen LogP) is 22.7. The van der Waals surface area contributed by atoms with Crippen molar-refractivity contribution in [2.45, 2.75) is 12.2 Å². The molecule has 0 bridgehead atoms. The normalized spacial score (nSPS) is 16.5. The first-order chi connectivity index (χ1) is 30.3. The molecule has 2 heterocycles. The summed E-state index contributed by atoms with van der Waals surface area (Å²) < 4.78 is 23.0. The van der Waals surface area contributed by atoms with Gasteiger partial charge in [-0.15, -0.1) is 0 Å². The van der Waals surface area contributed by atoms with Crippen LogP contribution < -0.4 is 42.8 Å². The van der Waals surface area contributed by atoms with Gasteiger partial charge in [-0.05, 0) is 60.7 Å². The molecule has 64 heavy (non-hydrogen) atoms. The molecule has 368 valence electrons. The van der Waals surface area contributed by atoms with Crippen molar-refractivity contribution in [2.75, 3.05) is 24.9 Å². The van der Waals surface area contributed by atoms with Crippen LogP contribution in [0.4, 0.5) is 11.4 Å². The fourth-order valence-electron chi connectivity index (χ4n) is 4.60. The predicted molar refractivity (Wildman–Crippen MR) is 464 cm³/mol. The van der Waals surface area contributed by atoms with E-state index < -0.39 is 12.2 Å². The van der Waals surface area contributed by atoms with Crippen LogP contribution in [0.15, 0.2) is 89.4 Å². The van der Waals surface area contributed by atoms with Crippen molar-refractivity contribution < 1.29 is 41.8 Å². The summed E-state index contributed by atoms with van der Waals surface area (Å²) in [5.41, 5.74) is 2.98. The van der Waals surface area contributed by atoms with Crippen molar-refractivity contribution in [3.63, 3.8) is 0 Å². The summed E-state index contributed by atoms with van der Waals surface area (Å²) in [6.07, 6.45) is -1.57. The fourth-order valence-corrected chi connectivity index (χ4v) is 2310. The van der Waals surface area contributed by atoms with Crippen LogP contribution in [0.25, 0.3) is 0 Å². The molecule has 2 amide bonds. The van der Waals surface area contributed by atoms with Crippen molar-refractivity contribution in [1.29, 1.82) is 5.26 Å². The number of nitrogens with one attached hydrogen (secondary N) is 2. The molecule has 0 aliphatic carbocycles. The molecule has 6 rings (SSSR count). The topological polar surface area (TPSA) is 119 Å². The van der Waals surface area contributed by atoms with Crippen molar-refractivity contribution in [1.82, 2.24) is 0 Å². The molecule has 2 N–H and O–H groups in total. The third kappa shape index (κ3) is 23.9. The van der Waals surface area contributed by atoms with Gasteiger partial charge in [-0.1, -0.05) is 40.2 Å². The van der Waals surface area contributed by atoms with E-state index in [0.717, 1.165) is 4.47 Å². The molecule has 0 aromatic heterocycles. The molecule has 4 aromatic carbocycles. The number of hydrogen-bond donors (Lipinski definition) is 2. The zero-order valence-corrected chi connectivity index (χ0v) is 81.9. The first-order valence-electron chi connectivity index (χ1n) is 15.5. The summed E-state index contributed by atoms with van der Waals surface area (Å²) in [4.78, 5) is 24.5. The summed E-state index contributed by atoms with van der Waals surface area (Å²) in [6.45, 7) is 0. The van der Waals surface area contributed by atoms with E-state index in [2.05, 4.69) is 269 Å². The number of halogens is 24. The number of nitrogens with zero attached hydrogens (tertiary/aromatic N) is 1.